The lowest BCUT2D eigenvalue weighted by molar-refractivity contribution is -0.136. The molecule has 4 nitrogen and oxygen atoms in total. The lowest BCUT2D eigenvalue weighted by Gasteiger charge is -2.31. The van der Waals surface area contributed by atoms with E-state index in [4.69, 9.17) is 5.11 Å². The number of hydrogen-bond donors (Lipinski definition) is 1. The predicted octanol–water partition coefficient (Wildman–Crippen LogP) is 4.57. The highest BCUT2D eigenvalue weighted by Gasteiger charge is 2.28. The number of carbonyl (C=O) groups is 1. The van der Waals surface area contributed by atoms with Gasteiger partial charge in [-0.25, -0.2) is 0 Å². The quantitative estimate of drug-likeness (QED) is 0.686. The topological polar surface area (TPSA) is 43.8 Å². The molecule has 0 bridgehead atoms. The molecule has 1 heterocycles. The monoisotopic (exact) mass is 374 g/mol. The number of hydrogen-bond acceptors (Lipinski definition) is 3. The molecule has 0 saturated carbocycles. The maximum atomic E-state index is 10.9. The van der Waals surface area contributed by atoms with Crippen LogP contribution in [0.1, 0.15) is 18.9 Å². The molecule has 0 unspecified atom stereocenters. The van der Waals surface area contributed by atoms with Crippen LogP contribution in [0.25, 0.3) is 10.8 Å². The van der Waals surface area contributed by atoms with Gasteiger partial charge in [-0.3, -0.25) is 4.79 Å². The molecule has 144 valence electrons. The van der Waals surface area contributed by atoms with Crippen molar-refractivity contribution in [3.63, 3.8) is 0 Å². The van der Waals surface area contributed by atoms with Crippen molar-refractivity contribution in [2.24, 2.45) is 0 Å². The summed E-state index contributed by atoms with van der Waals surface area (Å²) < 4.78 is 0. The highest BCUT2D eigenvalue weighted by molar-refractivity contribution is 5.94. The van der Waals surface area contributed by atoms with E-state index >= 15 is 0 Å². The first kappa shape index (κ1) is 18.4. The van der Waals surface area contributed by atoms with E-state index < -0.39 is 5.97 Å². The van der Waals surface area contributed by atoms with Crippen LogP contribution in [0.15, 0.2) is 66.7 Å². The van der Waals surface area contributed by atoms with E-state index in [-0.39, 0.29) is 6.42 Å². The zero-order valence-electron chi connectivity index (χ0n) is 16.2. The Kier molecular flexibility index (Phi) is 5.20. The van der Waals surface area contributed by atoms with E-state index in [1.807, 2.05) is 12.1 Å². The number of aliphatic carboxylic acids is 1. The van der Waals surface area contributed by atoms with Gasteiger partial charge in [0, 0.05) is 42.4 Å². The molecule has 0 aliphatic carbocycles. The third kappa shape index (κ3) is 3.68. The number of anilines is 2. The fourth-order valence-electron chi connectivity index (χ4n) is 4.31. The molecule has 4 heteroatoms. The summed E-state index contributed by atoms with van der Waals surface area (Å²) in [5.41, 5.74) is 3.33. The average molecular weight is 374 g/mol. The molecule has 0 amide bonds. The van der Waals surface area contributed by atoms with Crippen LogP contribution in [-0.4, -0.2) is 36.8 Å². The van der Waals surface area contributed by atoms with Gasteiger partial charge in [-0.2, -0.15) is 0 Å². The van der Waals surface area contributed by atoms with Gasteiger partial charge < -0.3 is 14.9 Å². The van der Waals surface area contributed by atoms with Crippen molar-refractivity contribution in [3.05, 3.63) is 72.3 Å². The molecule has 0 radical (unpaired) electrons. The maximum Gasteiger partial charge on any atom is 0.307 e. The van der Waals surface area contributed by atoms with Gasteiger partial charge in [0.1, 0.15) is 0 Å². The first-order valence-electron chi connectivity index (χ1n) is 9.96. The van der Waals surface area contributed by atoms with Crippen LogP contribution in [0.2, 0.25) is 0 Å². The Morgan fingerprint density at radius 1 is 1.07 bits per heavy atom. The second-order valence-corrected chi connectivity index (χ2v) is 7.41. The number of carboxylic acids is 1. The fraction of sp³-hybridized carbons (Fsp3) is 0.292. The van der Waals surface area contributed by atoms with Gasteiger partial charge in [-0.15, -0.1) is 0 Å². The van der Waals surface area contributed by atoms with Crippen LogP contribution < -0.4 is 9.80 Å². The fourth-order valence-corrected chi connectivity index (χ4v) is 4.31. The summed E-state index contributed by atoms with van der Waals surface area (Å²) in [6, 6.07) is 23.6. The number of carboxylic acid groups (broad SMARTS) is 1. The van der Waals surface area contributed by atoms with Gasteiger partial charge in [-0.1, -0.05) is 48.5 Å². The molecule has 0 aromatic heterocycles. The summed E-state index contributed by atoms with van der Waals surface area (Å²) in [4.78, 5) is 15.8. The Hall–Kier alpha value is -3.01. The van der Waals surface area contributed by atoms with Crippen LogP contribution in [-0.2, 0) is 11.2 Å². The predicted molar refractivity (Wildman–Crippen MR) is 115 cm³/mol. The van der Waals surface area contributed by atoms with E-state index in [0.717, 1.165) is 31.6 Å². The smallest absolute Gasteiger partial charge is 0.307 e. The summed E-state index contributed by atoms with van der Waals surface area (Å²) in [5, 5.41) is 11.5. The van der Waals surface area contributed by atoms with Gasteiger partial charge in [0.15, 0.2) is 0 Å². The summed E-state index contributed by atoms with van der Waals surface area (Å²) in [7, 11) is 0. The maximum absolute atomic E-state index is 10.9. The molecule has 1 saturated heterocycles. The first-order chi connectivity index (χ1) is 13.7. The molecule has 0 spiro atoms. The minimum Gasteiger partial charge on any atom is -0.481 e. The van der Waals surface area contributed by atoms with E-state index in [2.05, 4.69) is 71.3 Å². The highest BCUT2D eigenvalue weighted by atomic mass is 16.4. The third-order valence-corrected chi connectivity index (χ3v) is 5.68. The molecule has 3 aromatic carbocycles. The van der Waals surface area contributed by atoms with Crippen molar-refractivity contribution in [1.29, 1.82) is 0 Å². The van der Waals surface area contributed by atoms with Crippen molar-refractivity contribution >= 4 is 28.1 Å². The van der Waals surface area contributed by atoms with Gasteiger partial charge in [0.25, 0.3) is 0 Å². The minimum atomic E-state index is -0.789. The van der Waals surface area contributed by atoms with E-state index in [1.165, 1.54) is 22.1 Å². The molecule has 1 aliphatic heterocycles. The normalized spacial score (nSPS) is 16.5. The van der Waals surface area contributed by atoms with Crippen molar-refractivity contribution in [2.45, 2.75) is 25.8 Å². The molecular formula is C24H26N2O2. The number of nitrogens with zero attached hydrogens (tertiary/aromatic N) is 2. The molecule has 1 aliphatic rings. The number of fused-ring (bicyclic) bond motifs is 1. The molecule has 4 rings (SSSR count). The average Bonchev–Trinajstić information content (AvgIpc) is 3.19. The largest absolute Gasteiger partial charge is 0.481 e. The molecule has 28 heavy (non-hydrogen) atoms. The first-order valence-corrected chi connectivity index (χ1v) is 9.96. The van der Waals surface area contributed by atoms with Crippen LogP contribution in [0.4, 0.5) is 11.4 Å². The lowest BCUT2D eigenvalue weighted by Crippen LogP contribution is -2.37. The van der Waals surface area contributed by atoms with Crippen LogP contribution in [0.5, 0.6) is 0 Å². The van der Waals surface area contributed by atoms with Crippen molar-refractivity contribution in [3.8, 4) is 0 Å². The minimum absolute atomic E-state index is 0.0770. The SMILES string of the molecule is CCN(c1cccc2ccccc12)[C@H]1CCN(c2ccc(CC(=O)O)cc2)C1. The van der Waals surface area contributed by atoms with Crippen LogP contribution in [0.3, 0.4) is 0 Å². The molecular weight excluding hydrogens is 348 g/mol. The number of rotatable bonds is 6. The Bertz CT molecular complexity index is 963. The Balaban J connectivity index is 1.53. The Morgan fingerprint density at radius 2 is 1.82 bits per heavy atom. The van der Waals surface area contributed by atoms with Gasteiger partial charge in [0.2, 0.25) is 0 Å². The third-order valence-electron chi connectivity index (χ3n) is 5.68. The summed E-state index contributed by atoms with van der Waals surface area (Å²) in [6.07, 6.45) is 1.20. The number of benzene rings is 3. The summed E-state index contributed by atoms with van der Waals surface area (Å²) in [6.45, 7) is 5.20. The molecule has 1 N–H and O–H groups in total. The Morgan fingerprint density at radius 3 is 2.57 bits per heavy atom. The van der Waals surface area contributed by atoms with Crippen LogP contribution >= 0.6 is 0 Å². The standard InChI is InChI=1S/C24H26N2O2/c1-2-26(23-9-5-7-19-6-3-4-8-22(19)23)21-14-15-25(17-21)20-12-10-18(11-13-20)16-24(27)28/h3-13,21H,2,14-17H2,1H3,(H,27,28)/t21-/m0/s1. The van der Waals surface area contributed by atoms with Crippen LogP contribution in [0, 0.1) is 0 Å². The highest BCUT2D eigenvalue weighted by Crippen LogP contribution is 2.31. The van der Waals surface area contributed by atoms with E-state index in [1.54, 1.807) is 0 Å². The summed E-state index contributed by atoms with van der Waals surface area (Å²) in [5.74, 6) is -0.789. The second-order valence-electron chi connectivity index (χ2n) is 7.41. The van der Waals surface area contributed by atoms with Gasteiger partial charge >= 0.3 is 5.97 Å². The zero-order valence-corrected chi connectivity index (χ0v) is 16.2. The molecule has 1 fully saturated rings. The number of likely N-dealkylation sites (N-methyl/N-ethyl adjacent to an activating group) is 1. The van der Waals surface area contributed by atoms with E-state index in [9.17, 15) is 4.79 Å². The zero-order chi connectivity index (χ0) is 19.5. The van der Waals surface area contributed by atoms with Crippen molar-refractivity contribution in [2.75, 3.05) is 29.4 Å². The molecule has 1 atom stereocenters. The van der Waals surface area contributed by atoms with Crippen molar-refractivity contribution in [1.82, 2.24) is 0 Å². The molecule has 3 aromatic rings. The van der Waals surface area contributed by atoms with Gasteiger partial charge in [-0.05, 0) is 42.5 Å². The van der Waals surface area contributed by atoms with Crippen molar-refractivity contribution < 1.29 is 9.90 Å². The Labute approximate surface area is 166 Å². The summed E-state index contributed by atoms with van der Waals surface area (Å²) >= 11 is 0. The lowest BCUT2D eigenvalue weighted by atomic mass is 10.1. The van der Waals surface area contributed by atoms with Gasteiger partial charge in [0.05, 0.1) is 6.42 Å². The second kappa shape index (κ2) is 7.93. The van der Waals surface area contributed by atoms with E-state index in [0.29, 0.717) is 6.04 Å².